The van der Waals surface area contributed by atoms with Gasteiger partial charge in [-0.3, -0.25) is 0 Å². The Balaban J connectivity index is 3.58. The highest BCUT2D eigenvalue weighted by Crippen LogP contribution is 1.92. The first-order valence-electron chi connectivity index (χ1n) is 3.68. The maximum absolute atomic E-state index is 9.10. The second-order valence-electron chi connectivity index (χ2n) is 2.13. The third-order valence-electron chi connectivity index (χ3n) is 1.10. The summed E-state index contributed by atoms with van der Waals surface area (Å²) < 4.78 is 4.62. The van der Waals surface area contributed by atoms with Crippen molar-refractivity contribution in [2.45, 2.75) is 25.9 Å². The molecule has 0 aliphatic rings. The van der Waals surface area contributed by atoms with Gasteiger partial charge in [-0.15, -0.1) is 0 Å². The van der Waals surface area contributed by atoms with Crippen LogP contribution in [-0.4, -0.2) is 18.3 Å². The lowest BCUT2D eigenvalue weighted by Crippen LogP contribution is -2.00. The van der Waals surface area contributed by atoms with E-state index in [0.717, 1.165) is 12.8 Å². The largest absolute Gasteiger partial charge is 0.504 e. The van der Waals surface area contributed by atoms with Crippen LogP contribution < -0.4 is 0 Å². The van der Waals surface area contributed by atoms with Gasteiger partial charge < -0.3 is 9.84 Å². The quantitative estimate of drug-likeness (QED) is 0.490. The lowest BCUT2D eigenvalue weighted by atomic mass is 10.2. The summed E-state index contributed by atoms with van der Waals surface area (Å²) in [6.45, 7) is 2.01. The number of allylic oxidation sites excluding steroid dienone is 1. The average Bonchev–Trinajstić information content (AvgIpc) is 1.99. The minimum absolute atomic E-state index is 0.499. The molecule has 0 aromatic rings. The summed E-state index contributed by atoms with van der Waals surface area (Å²) in [5.41, 5.74) is 0. The summed E-state index contributed by atoms with van der Waals surface area (Å²) in [6, 6.07) is 0. The highest BCUT2D eigenvalue weighted by Gasteiger charge is 1.92. The zero-order chi connectivity index (χ0) is 8.53. The van der Waals surface area contributed by atoms with Crippen LogP contribution in [0.4, 0.5) is 0 Å². The standard InChI is InChI=1S/C9H14O2/c1-3-6-9(10)7-4-5-8-11-2/h5,8-10H,3,6H2,1-2H3. The van der Waals surface area contributed by atoms with Crippen LogP contribution in [0, 0.1) is 11.8 Å². The molecule has 11 heavy (non-hydrogen) atoms. The molecule has 0 fully saturated rings. The van der Waals surface area contributed by atoms with E-state index in [1.165, 1.54) is 6.26 Å². The Kier molecular flexibility index (Phi) is 6.56. The molecule has 0 aliphatic heterocycles. The molecule has 0 saturated carbocycles. The van der Waals surface area contributed by atoms with Crippen LogP contribution in [0.15, 0.2) is 12.3 Å². The van der Waals surface area contributed by atoms with E-state index in [1.54, 1.807) is 13.2 Å². The Morgan fingerprint density at radius 2 is 2.36 bits per heavy atom. The maximum atomic E-state index is 9.10. The van der Waals surface area contributed by atoms with E-state index in [2.05, 4.69) is 16.6 Å². The van der Waals surface area contributed by atoms with E-state index in [1.807, 2.05) is 6.92 Å². The first-order valence-corrected chi connectivity index (χ1v) is 3.68. The number of aliphatic hydroxyl groups excluding tert-OH is 1. The third-order valence-corrected chi connectivity index (χ3v) is 1.10. The predicted molar refractivity (Wildman–Crippen MR) is 44.8 cm³/mol. The van der Waals surface area contributed by atoms with Crippen LogP contribution in [0.25, 0.3) is 0 Å². The zero-order valence-corrected chi connectivity index (χ0v) is 7.00. The molecule has 0 spiro atoms. The highest BCUT2D eigenvalue weighted by molar-refractivity contribution is 5.16. The van der Waals surface area contributed by atoms with Gasteiger partial charge in [0.2, 0.25) is 0 Å². The van der Waals surface area contributed by atoms with Crippen LogP contribution in [0.5, 0.6) is 0 Å². The van der Waals surface area contributed by atoms with Crippen molar-refractivity contribution in [3.63, 3.8) is 0 Å². The first-order chi connectivity index (χ1) is 5.31. The second kappa shape index (κ2) is 7.17. The minimum Gasteiger partial charge on any atom is -0.504 e. The Morgan fingerprint density at radius 3 is 2.91 bits per heavy atom. The lowest BCUT2D eigenvalue weighted by Gasteiger charge is -1.96. The zero-order valence-electron chi connectivity index (χ0n) is 7.00. The molecule has 0 aromatic heterocycles. The molecule has 0 amide bonds. The van der Waals surface area contributed by atoms with Crippen molar-refractivity contribution in [1.29, 1.82) is 0 Å². The SMILES string of the molecule is CCCC(O)C#CC=COC. The fourth-order valence-electron chi connectivity index (χ4n) is 0.592. The molecule has 2 heteroatoms. The van der Waals surface area contributed by atoms with Crippen LogP contribution >= 0.6 is 0 Å². The van der Waals surface area contributed by atoms with Gasteiger partial charge in [0.05, 0.1) is 13.4 Å². The van der Waals surface area contributed by atoms with Crippen molar-refractivity contribution in [2.24, 2.45) is 0 Å². The molecule has 0 bridgehead atoms. The fraction of sp³-hybridized carbons (Fsp3) is 0.556. The Labute approximate surface area is 67.9 Å². The van der Waals surface area contributed by atoms with Crippen molar-refractivity contribution in [3.8, 4) is 11.8 Å². The molecule has 0 aromatic carbocycles. The number of ether oxygens (including phenoxy) is 1. The topological polar surface area (TPSA) is 29.5 Å². The molecule has 0 rings (SSSR count). The number of hydrogen-bond donors (Lipinski definition) is 1. The smallest absolute Gasteiger partial charge is 0.115 e. The van der Waals surface area contributed by atoms with Crippen LogP contribution in [0.2, 0.25) is 0 Å². The molecule has 0 aliphatic carbocycles. The summed E-state index contributed by atoms with van der Waals surface area (Å²) >= 11 is 0. The molecule has 0 radical (unpaired) electrons. The predicted octanol–water partition coefficient (Wildman–Crippen LogP) is 1.31. The molecule has 0 saturated heterocycles. The molecular weight excluding hydrogens is 140 g/mol. The summed E-state index contributed by atoms with van der Waals surface area (Å²) in [5.74, 6) is 5.32. The van der Waals surface area contributed by atoms with Gasteiger partial charge in [0.1, 0.15) is 6.10 Å². The number of hydrogen-bond acceptors (Lipinski definition) is 2. The summed E-state index contributed by atoms with van der Waals surface area (Å²) in [5, 5.41) is 9.10. The van der Waals surface area contributed by atoms with Crippen LogP contribution in [-0.2, 0) is 4.74 Å². The number of rotatable bonds is 3. The van der Waals surface area contributed by atoms with E-state index < -0.39 is 6.10 Å². The summed E-state index contributed by atoms with van der Waals surface area (Å²) in [4.78, 5) is 0. The van der Waals surface area contributed by atoms with E-state index in [4.69, 9.17) is 5.11 Å². The Morgan fingerprint density at radius 1 is 1.64 bits per heavy atom. The van der Waals surface area contributed by atoms with Gasteiger partial charge in [-0.2, -0.15) is 0 Å². The van der Waals surface area contributed by atoms with Crippen molar-refractivity contribution in [1.82, 2.24) is 0 Å². The monoisotopic (exact) mass is 154 g/mol. The van der Waals surface area contributed by atoms with Crippen LogP contribution in [0.1, 0.15) is 19.8 Å². The number of methoxy groups -OCH3 is 1. The van der Waals surface area contributed by atoms with Gasteiger partial charge in [-0.05, 0) is 6.42 Å². The van der Waals surface area contributed by atoms with E-state index in [9.17, 15) is 0 Å². The highest BCUT2D eigenvalue weighted by atomic mass is 16.5. The van der Waals surface area contributed by atoms with Gasteiger partial charge in [0, 0.05) is 6.08 Å². The lowest BCUT2D eigenvalue weighted by molar-refractivity contribution is 0.221. The molecule has 1 unspecified atom stereocenters. The van der Waals surface area contributed by atoms with Gasteiger partial charge >= 0.3 is 0 Å². The minimum atomic E-state index is -0.499. The number of aliphatic hydroxyl groups is 1. The normalized spacial score (nSPS) is 12.3. The molecule has 0 heterocycles. The molecule has 1 atom stereocenters. The molecule has 62 valence electrons. The Hall–Kier alpha value is -0.940. The van der Waals surface area contributed by atoms with Crippen molar-refractivity contribution < 1.29 is 9.84 Å². The van der Waals surface area contributed by atoms with E-state index >= 15 is 0 Å². The molecular formula is C9H14O2. The third kappa shape index (κ3) is 6.95. The van der Waals surface area contributed by atoms with Gasteiger partial charge in [-0.25, -0.2) is 0 Å². The second-order valence-corrected chi connectivity index (χ2v) is 2.13. The molecule has 2 nitrogen and oxygen atoms in total. The van der Waals surface area contributed by atoms with Crippen molar-refractivity contribution in [3.05, 3.63) is 12.3 Å². The fourth-order valence-corrected chi connectivity index (χ4v) is 0.592. The van der Waals surface area contributed by atoms with Gasteiger partial charge in [-0.1, -0.05) is 25.2 Å². The van der Waals surface area contributed by atoms with E-state index in [0.29, 0.717) is 0 Å². The summed E-state index contributed by atoms with van der Waals surface area (Å²) in [6.07, 6.45) is 4.23. The van der Waals surface area contributed by atoms with Crippen LogP contribution in [0.3, 0.4) is 0 Å². The van der Waals surface area contributed by atoms with Crippen molar-refractivity contribution in [2.75, 3.05) is 7.11 Å². The molecule has 1 N–H and O–H groups in total. The van der Waals surface area contributed by atoms with Gasteiger partial charge in [0.25, 0.3) is 0 Å². The Bertz CT molecular complexity index is 162. The average molecular weight is 154 g/mol. The maximum Gasteiger partial charge on any atom is 0.115 e. The first kappa shape index (κ1) is 10.1. The summed E-state index contributed by atoms with van der Waals surface area (Å²) in [7, 11) is 1.56. The van der Waals surface area contributed by atoms with Gasteiger partial charge in [0.15, 0.2) is 0 Å². The van der Waals surface area contributed by atoms with E-state index in [-0.39, 0.29) is 0 Å². The van der Waals surface area contributed by atoms with Crippen molar-refractivity contribution >= 4 is 0 Å².